The Morgan fingerprint density at radius 2 is 2.18 bits per heavy atom. The molecule has 0 saturated carbocycles. The number of carbonyl (C=O) groups is 1. The summed E-state index contributed by atoms with van der Waals surface area (Å²) in [5.74, 6) is 2.21. The lowest BCUT2D eigenvalue weighted by molar-refractivity contribution is 0.221. The third kappa shape index (κ3) is 3.82. The maximum atomic E-state index is 12.2. The molecule has 5 nitrogen and oxygen atoms in total. The molecule has 1 aromatic heterocycles. The van der Waals surface area contributed by atoms with Gasteiger partial charge < -0.3 is 4.90 Å². The fourth-order valence-corrected chi connectivity index (χ4v) is 3.60. The topological polar surface area (TPSA) is 50.2 Å². The Morgan fingerprint density at radius 1 is 1.36 bits per heavy atom. The number of nitrogens with one attached hydrogen (secondary N) is 1. The molecule has 1 saturated heterocycles. The molecule has 0 radical (unpaired) electrons. The van der Waals surface area contributed by atoms with E-state index in [4.69, 9.17) is 0 Å². The third-order valence-corrected chi connectivity index (χ3v) is 4.99. The number of nitrogens with zero attached hydrogens (tertiary/aromatic N) is 3. The van der Waals surface area contributed by atoms with E-state index in [1.807, 2.05) is 36.0 Å². The van der Waals surface area contributed by atoms with E-state index < -0.39 is 0 Å². The number of hydrogen-bond acceptors (Lipinski definition) is 3. The van der Waals surface area contributed by atoms with Crippen LogP contribution in [0.5, 0.6) is 0 Å². The van der Waals surface area contributed by atoms with Crippen molar-refractivity contribution < 1.29 is 4.79 Å². The SMILES string of the molecule is Cn1ccc(NC(=O)N2CC[C@@H](CSc3ccccc3)C2)n1. The van der Waals surface area contributed by atoms with E-state index in [0.717, 1.165) is 25.3 Å². The molecule has 0 spiro atoms. The van der Waals surface area contributed by atoms with Gasteiger partial charge in [-0.15, -0.1) is 11.8 Å². The van der Waals surface area contributed by atoms with Gasteiger partial charge >= 0.3 is 6.03 Å². The van der Waals surface area contributed by atoms with Gasteiger partial charge in [0.1, 0.15) is 0 Å². The molecule has 116 valence electrons. The van der Waals surface area contributed by atoms with Gasteiger partial charge in [-0.2, -0.15) is 5.10 Å². The first-order valence-corrected chi connectivity index (χ1v) is 8.43. The van der Waals surface area contributed by atoms with Crippen molar-refractivity contribution in [2.24, 2.45) is 13.0 Å². The van der Waals surface area contributed by atoms with Crippen LogP contribution in [0.2, 0.25) is 0 Å². The number of carbonyl (C=O) groups excluding carboxylic acids is 1. The van der Waals surface area contributed by atoms with E-state index >= 15 is 0 Å². The molecule has 2 heterocycles. The van der Waals surface area contributed by atoms with Gasteiger partial charge in [0.15, 0.2) is 5.82 Å². The summed E-state index contributed by atoms with van der Waals surface area (Å²) in [5, 5.41) is 7.02. The number of anilines is 1. The highest BCUT2D eigenvalue weighted by Crippen LogP contribution is 2.26. The summed E-state index contributed by atoms with van der Waals surface area (Å²) in [4.78, 5) is 15.4. The molecule has 2 aromatic rings. The number of likely N-dealkylation sites (tertiary alicyclic amines) is 1. The van der Waals surface area contributed by atoms with Crippen LogP contribution in [0.3, 0.4) is 0 Å². The standard InChI is InChI=1S/C16H20N4OS/c1-19-9-8-15(18-19)17-16(21)20-10-7-13(11-20)12-22-14-5-3-2-4-6-14/h2-6,8-9,13H,7,10-12H2,1H3,(H,17,18,21)/t13-/m1/s1. The molecular formula is C16H20N4OS. The second-order valence-electron chi connectivity index (χ2n) is 5.53. The summed E-state index contributed by atoms with van der Waals surface area (Å²) in [6.07, 6.45) is 2.88. The lowest BCUT2D eigenvalue weighted by Crippen LogP contribution is -2.33. The summed E-state index contributed by atoms with van der Waals surface area (Å²) < 4.78 is 1.68. The van der Waals surface area contributed by atoms with E-state index in [2.05, 4.69) is 34.7 Å². The van der Waals surface area contributed by atoms with Crippen molar-refractivity contribution in [3.05, 3.63) is 42.6 Å². The van der Waals surface area contributed by atoms with Crippen LogP contribution in [-0.4, -0.2) is 39.6 Å². The van der Waals surface area contributed by atoms with Crippen LogP contribution >= 0.6 is 11.8 Å². The molecule has 0 aliphatic carbocycles. The quantitative estimate of drug-likeness (QED) is 0.882. The number of urea groups is 1. The number of rotatable bonds is 4. The fourth-order valence-electron chi connectivity index (χ4n) is 2.55. The summed E-state index contributed by atoms with van der Waals surface area (Å²) in [6.45, 7) is 1.64. The minimum Gasteiger partial charge on any atom is -0.324 e. The Hall–Kier alpha value is -1.95. The number of aryl methyl sites for hydroxylation is 1. The highest BCUT2D eigenvalue weighted by atomic mass is 32.2. The second-order valence-corrected chi connectivity index (χ2v) is 6.62. The molecule has 1 fully saturated rings. The van der Waals surface area contributed by atoms with Crippen LogP contribution in [0.25, 0.3) is 0 Å². The van der Waals surface area contributed by atoms with Crippen LogP contribution < -0.4 is 5.32 Å². The first kappa shape index (κ1) is 15.0. The van der Waals surface area contributed by atoms with Gasteiger partial charge in [-0.05, 0) is 24.5 Å². The maximum Gasteiger partial charge on any atom is 0.323 e. The van der Waals surface area contributed by atoms with Crippen molar-refractivity contribution in [1.82, 2.24) is 14.7 Å². The first-order valence-electron chi connectivity index (χ1n) is 7.44. The third-order valence-electron chi connectivity index (χ3n) is 3.75. The Balaban J connectivity index is 1.46. The van der Waals surface area contributed by atoms with Crippen LogP contribution in [0.4, 0.5) is 10.6 Å². The molecular weight excluding hydrogens is 296 g/mol. The number of hydrogen-bond donors (Lipinski definition) is 1. The summed E-state index contributed by atoms with van der Waals surface area (Å²) in [6, 6.07) is 12.2. The van der Waals surface area contributed by atoms with E-state index in [9.17, 15) is 4.79 Å². The van der Waals surface area contributed by atoms with E-state index in [0.29, 0.717) is 11.7 Å². The molecule has 1 aliphatic rings. The van der Waals surface area contributed by atoms with Crippen molar-refractivity contribution in [2.45, 2.75) is 11.3 Å². The average molecular weight is 316 g/mol. The normalized spacial score (nSPS) is 17.7. The fraction of sp³-hybridized carbons (Fsp3) is 0.375. The predicted molar refractivity (Wildman–Crippen MR) is 89.1 cm³/mol. The maximum absolute atomic E-state index is 12.2. The molecule has 3 rings (SSSR count). The van der Waals surface area contributed by atoms with Crippen molar-refractivity contribution >= 4 is 23.6 Å². The van der Waals surface area contributed by atoms with Gasteiger partial charge in [0, 0.05) is 43.0 Å². The molecule has 2 amide bonds. The molecule has 6 heteroatoms. The highest BCUT2D eigenvalue weighted by molar-refractivity contribution is 7.99. The lowest BCUT2D eigenvalue weighted by atomic mass is 10.2. The minimum atomic E-state index is -0.0501. The average Bonchev–Trinajstić information content (AvgIpc) is 3.15. The van der Waals surface area contributed by atoms with E-state index in [-0.39, 0.29) is 6.03 Å². The van der Waals surface area contributed by atoms with Crippen LogP contribution in [0, 0.1) is 5.92 Å². The molecule has 1 aromatic carbocycles. The van der Waals surface area contributed by atoms with Crippen LogP contribution in [-0.2, 0) is 7.05 Å². The van der Waals surface area contributed by atoms with Gasteiger partial charge in [0.05, 0.1) is 0 Å². The lowest BCUT2D eigenvalue weighted by Gasteiger charge is -2.16. The van der Waals surface area contributed by atoms with Gasteiger partial charge in [-0.25, -0.2) is 4.79 Å². The minimum absolute atomic E-state index is 0.0501. The van der Waals surface area contributed by atoms with E-state index in [1.165, 1.54) is 4.90 Å². The molecule has 0 bridgehead atoms. The monoisotopic (exact) mass is 316 g/mol. The summed E-state index contributed by atoms with van der Waals surface area (Å²) in [5.41, 5.74) is 0. The highest BCUT2D eigenvalue weighted by Gasteiger charge is 2.26. The number of amides is 2. The zero-order valence-corrected chi connectivity index (χ0v) is 13.4. The van der Waals surface area contributed by atoms with Crippen molar-refractivity contribution in [1.29, 1.82) is 0 Å². The zero-order chi connectivity index (χ0) is 15.4. The number of aromatic nitrogens is 2. The zero-order valence-electron chi connectivity index (χ0n) is 12.6. The summed E-state index contributed by atoms with van der Waals surface area (Å²) in [7, 11) is 1.84. The molecule has 1 N–H and O–H groups in total. The summed E-state index contributed by atoms with van der Waals surface area (Å²) >= 11 is 1.86. The Kier molecular flexibility index (Phi) is 4.68. The molecule has 0 unspecified atom stereocenters. The van der Waals surface area contributed by atoms with Crippen molar-refractivity contribution in [3.8, 4) is 0 Å². The van der Waals surface area contributed by atoms with Gasteiger partial charge in [-0.3, -0.25) is 10.00 Å². The largest absolute Gasteiger partial charge is 0.324 e. The van der Waals surface area contributed by atoms with Crippen molar-refractivity contribution in [3.63, 3.8) is 0 Å². The molecule has 22 heavy (non-hydrogen) atoms. The van der Waals surface area contributed by atoms with E-state index in [1.54, 1.807) is 10.7 Å². The Morgan fingerprint density at radius 3 is 2.91 bits per heavy atom. The van der Waals surface area contributed by atoms with Gasteiger partial charge in [0.2, 0.25) is 0 Å². The number of thioether (sulfide) groups is 1. The van der Waals surface area contributed by atoms with Crippen molar-refractivity contribution in [2.75, 3.05) is 24.2 Å². The van der Waals surface area contributed by atoms with Crippen LogP contribution in [0.1, 0.15) is 6.42 Å². The smallest absolute Gasteiger partial charge is 0.323 e. The number of benzene rings is 1. The van der Waals surface area contributed by atoms with Gasteiger partial charge in [0.25, 0.3) is 0 Å². The molecule has 1 atom stereocenters. The predicted octanol–water partition coefficient (Wildman–Crippen LogP) is 3.07. The Bertz CT molecular complexity index is 628. The molecule has 1 aliphatic heterocycles. The second kappa shape index (κ2) is 6.87. The van der Waals surface area contributed by atoms with Crippen LogP contribution in [0.15, 0.2) is 47.5 Å². The Labute approximate surface area is 134 Å². The van der Waals surface area contributed by atoms with Gasteiger partial charge in [-0.1, -0.05) is 18.2 Å². The first-order chi connectivity index (χ1) is 10.7.